The van der Waals surface area contributed by atoms with Gasteiger partial charge in [-0.25, -0.2) is 13.8 Å². The molecule has 41 heavy (non-hydrogen) atoms. The van der Waals surface area contributed by atoms with Crippen LogP contribution in [0, 0.1) is 17.0 Å². The standard InChI is InChI=1S/C29H32ClF2N7OS/c1-38(2)13-29(8-3-9-29)14-40-28-36-23-18(26(37-28)39-11-15-4-5-16(12-39)34-15)10-19(30)21(22(23)32)17-6-7-20(31)25-24(17)35-27(33)41-25/h6-7,10,15-16,34H,3-5,8-9,11-14H2,1-2H3,(H2,33,35). The van der Waals surface area contributed by atoms with Crippen LogP contribution in [0.5, 0.6) is 6.01 Å². The second-order valence-corrected chi connectivity index (χ2v) is 13.5. The molecule has 216 valence electrons. The van der Waals surface area contributed by atoms with E-state index in [-0.39, 0.29) is 42.9 Å². The third-order valence-corrected chi connectivity index (χ3v) is 9.90. The van der Waals surface area contributed by atoms with Crippen molar-refractivity contribution in [1.29, 1.82) is 0 Å². The second-order valence-electron chi connectivity index (χ2n) is 12.0. The Hall–Kier alpha value is -2.86. The topological polar surface area (TPSA) is 92.4 Å². The lowest BCUT2D eigenvalue weighted by atomic mass is 9.69. The minimum Gasteiger partial charge on any atom is -0.463 e. The number of aromatic nitrogens is 3. The Morgan fingerprint density at radius 1 is 1.15 bits per heavy atom. The van der Waals surface area contributed by atoms with E-state index in [9.17, 15) is 4.39 Å². The fourth-order valence-corrected chi connectivity index (χ4v) is 7.85. The molecule has 1 saturated carbocycles. The number of fused-ring (bicyclic) bond motifs is 4. The molecule has 0 spiro atoms. The predicted octanol–water partition coefficient (Wildman–Crippen LogP) is 5.47. The Morgan fingerprint density at radius 3 is 2.59 bits per heavy atom. The molecule has 3 aliphatic rings. The Kier molecular flexibility index (Phi) is 6.68. The molecule has 0 amide bonds. The molecule has 2 unspecified atom stereocenters. The molecule has 2 aliphatic heterocycles. The van der Waals surface area contributed by atoms with Crippen LogP contribution in [0.25, 0.3) is 32.2 Å². The number of benzene rings is 2. The van der Waals surface area contributed by atoms with E-state index >= 15 is 4.39 Å². The molecule has 2 aromatic heterocycles. The number of anilines is 2. The van der Waals surface area contributed by atoms with Gasteiger partial charge in [0.15, 0.2) is 10.9 Å². The van der Waals surface area contributed by atoms with Crippen LogP contribution < -0.4 is 20.7 Å². The number of nitrogens with zero attached hydrogens (tertiary/aromatic N) is 5. The zero-order valence-corrected chi connectivity index (χ0v) is 24.6. The van der Waals surface area contributed by atoms with Gasteiger partial charge in [0, 0.05) is 53.6 Å². The lowest BCUT2D eigenvalue weighted by molar-refractivity contribution is 0.0279. The molecule has 1 aliphatic carbocycles. The van der Waals surface area contributed by atoms with Gasteiger partial charge in [-0.2, -0.15) is 9.97 Å². The van der Waals surface area contributed by atoms with E-state index in [1.807, 2.05) is 0 Å². The monoisotopic (exact) mass is 599 g/mol. The number of thiazole rings is 1. The summed E-state index contributed by atoms with van der Waals surface area (Å²) in [5.74, 6) is -0.468. The molecule has 2 saturated heterocycles. The van der Waals surface area contributed by atoms with Crippen LogP contribution in [0.1, 0.15) is 32.1 Å². The van der Waals surface area contributed by atoms with E-state index in [0.717, 1.165) is 63.1 Å². The minimum atomic E-state index is -0.620. The van der Waals surface area contributed by atoms with Crippen LogP contribution in [0.15, 0.2) is 18.2 Å². The smallest absolute Gasteiger partial charge is 0.319 e. The number of nitrogen functional groups attached to an aromatic ring is 1. The average Bonchev–Trinajstić information content (AvgIpc) is 3.47. The number of hydrogen-bond donors (Lipinski definition) is 2. The maximum atomic E-state index is 16.7. The third kappa shape index (κ3) is 4.76. The summed E-state index contributed by atoms with van der Waals surface area (Å²) in [4.78, 5) is 18.1. The molecule has 0 radical (unpaired) electrons. The predicted molar refractivity (Wildman–Crippen MR) is 160 cm³/mol. The molecule has 3 fully saturated rings. The summed E-state index contributed by atoms with van der Waals surface area (Å²) in [6, 6.07) is 5.34. The highest BCUT2D eigenvalue weighted by molar-refractivity contribution is 7.22. The second kappa shape index (κ2) is 10.1. The van der Waals surface area contributed by atoms with E-state index in [4.69, 9.17) is 27.1 Å². The van der Waals surface area contributed by atoms with Gasteiger partial charge in [-0.15, -0.1) is 0 Å². The molecule has 2 bridgehead atoms. The van der Waals surface area contributed by atoms with Gasteiger partial charge in [0.2, 0.25) is 0 Å². The van der Waals surface area contributed by atoms with Crippen LogP contribution in [-0.4, -0.2) is 72.3 Å². The number of hydrogen-bond acceptors (Lipinski definition) is 9. The number of halogens is 3. The largest absolute Gasteiger partial charge is 0.463 e. The first-order chi connectivity index (χ1) is 19.7. The highest BCUT2D eigenvalue weighted by Crippen LogP contribution is 2.44. The number of nitrogens with one attached hydrogen (secondary N) is 1. The van der Waals surface area contributed by atoms with Gasteiger partial charge < -0.3 is 25.6 Å². The van der Waals surface area contributed by atoms with Gasteiger partial charge >= 0.3 is 6.01 Å². The van der Waals surface area contributed by atoms with Crippen molar-refractivity contribution in [2.75, 3.05) is 51.0 Å². The molecule has 4 aromatic rings. The van der Waals surface area contributed by atoms with Crippen molar-refractivity contribution in [2.45, 2.75) is 44.2 Å². The summed E-state index contributed by atoms with van der Waals surface area (Å²) < 4.78 is 37.7. The fourth-order valence-electron chi connectivity index (χ4n) is 6.79. The van der Waals surface area contributed by atoms with Gasteiger partial charge in [0.1, 0.15) is 17.2 Å². The van der Waals surface area contributed by atoms with Crippen molar-refractivity contribution in [3.8, 4) is 17.1 Å². The molecule has 8 nitrogen and oxygen atoms in total. The summed E-state index contributed by atoms with van der Waals surface area (Å²) in [6.07, 6.45) is 5.49. The molecule has 4 heterocycles. The highest BCUT2D eigenvalue weighted by atomic mass is 35.5. The highest BCUT2D eigenvalue weighted by Gasteiger charge is 2.39. The van der Waals surface area contributed by atoms with Crippen molar-refractivity contribution in [1.82, 2.24) is 25.2 Å². The summed E-state index contributed by atoms with van der Waals surface area (Å²) >= 11 is 7.81. The van der Waals surface area contributed by atoms with Crippen molar-refractivity contribution >= 4 is 55.0 Å². The fraction of sp³-hybridized carbons (Fsp3) is 0.483. The molecular weight excluding hydrogens is 568 g/mol. The van der Waals surface area contributed by atoms with Crippen molar-refractivity contribution in [2.24, 2.45) is 5.41 Å². The first-order valence-corrected chi connectivity index (χ1v) is 15.2. The Labute approximate surface area is 245 Å². The SMILES string of the molecule is CN(C)CC1(COc2nc(N3CC4CCC(C3)N4)c3cc(Cl)c(-c4ccc(F)c5sc(N)nc45)c(F)c3n2)CCC1. The quantitative estimate of drug-likeness (QED) is 0.289. The van der Waals surface area contributed by atoms with Crippen LogP contribution >= 0.6 is 22.9 Å². The Bertz CT molecular complexity index is 1650. The number of piperazine rings is 1. The van der Waals surface area contributed by atoms with Crippen LogP contribution in [0.3, 0.4) is 0 Å². The van der Waals surface area contributed by atoms with E-state index < -0.39 is 11.6 Å². The maximum Gasteiger partial charge on any atom is 0.319 e. The third-order valence-electron chi connectivity index (χ3n) is 8.71. The lowest BCUT2D eigenvalue weighted by Gasteiger charge is -2.43. The maximum absolute atomic E-state index is 16.7. The summed E-state index contributed by atoms with van der Waals surface area (Å²) in [5, 5.41) is 4.53. The van der Waals surface area contributed by atoms with Crippen LogP contribution in [0.2, 0.25) is 5.02 Å². The van der Waals surface area contributed by atoms with Gasteiger partial charge in [0.05, 0.1) is 21.8 Å². The van der Waals surface area contributed by atoms with Gasteiger partial charge in [0.25, 0.3) is 0 Å². The summed E-state index contributed by atoms with van der Waals surface area (Å²) in [5.41, 5.74) is 6.79. The first-order valence-electron chi connectivity index (χ1n) is 14.0. The molecule has 2 atom stereocenters. The van der Waals surface area contributed by atoms with E-state index in [0.29, 0.717) is 35.5 Å². The van der Waals surface area contributed by atoms with Crippen LogP contribution in [0.4, 0.5) is 19.7 Å². The molecule has 3 N–H and O–H groups in total. The minimum absolute atomic E-state index is 0.0318. The van der Waals surface area contributed by atoms with Crippen molar-refractivity contribution in [3.63, 3.8) is 0 Å². The summed E-state index contributed by atoms with van der Waals surface area (Å²) in [6.45, 7) is 2.87. The molecule has 7 rings (SSSR count). The normalized spacial score (nSPS) is 21.7. The number of ether oxygens (including phenoxy) is 1. The Balaban J connectivity index is 1.37. The molecule has 12 heteroatoms. The summed E-state index contributed by atoms with van der Waals surface area (Å²) in [7, 11) is 4.12. The van der Waals surface area contributed by atoms with E-state index in [2.05, 4.69) is 39.2 Å². The molecule has 2 aromatic carbocycles. The Morgan fingerprint density at radius 2 is 1.90 bits per heavy atom. The first kappa shape index (κ1) is 27.0. The van der Waals surface area contributed by atoms with Gasteiger partial charge in [-0.1, -0.05) is 29.4 Å². The van der Waals surface area contributed by atoms with Gasteiger partial charge in [-0.05, 0) is 58.0 Å². The molecular formula is C29H32ClF2N7OS. The van der Waals surface area contributed by atoms with E-state index in [1.54, 1.807) is 6.07 Å². The van der Waals surface area contributed by atoms with Crippen molar-refractivity contribution < 1.29 is 13.5 Å². The number of rotatable bonds is 7. The lowest BCUT2D eigenvalue weighted by Crippen LogP contribution is -2.51. The van der Waals surface area contributed by atoms with Crippen LogP contribution in [-0.2, 0) is 0 Å². The average molecular weight is 600 g/mol. The van der Waals surface area contributed by atoms with Crippen molar-refractivity contribution in [3.05, 3.63) is 34.9 Å². The zero-order chi connectivity index (χ0) is 28.5. The van der Waals surface area contributed by atoms with Gasteiger partial charge in [-0.3, -0.25) is 0 Å². The number of nitrogens with two attached hydrogens (primary N) is 1. The van der Waals surface area contributed by atoms with E-state index in [1.165, 1.54) is 12.1 Å². The zero-order valence-electron chi connectivity index (χ0n) is 23.0.